The number of benzene rings is 1. The van der Waals surface area contributed by atoms with Crippen molar-refractivity contribution in [1.82, 2.24) is 16.0 Å². The van der Waals surface area contributed by atoms with Gasteiger partial charge in [-0.2, -0.15) is 13.2 Å². The highest BCUT2D eigenvalue weighted by molar-refractivity contribution is 14.0. The first-order valence-corrected chi connectivity index (χ1v) is 8.35. The molecule has 0 bridgehead atoms. The molecule has 0 aliphatic rings. The summed E-state index contributed by atoms with van der Waals surface area (Å²) >= 11 is 0. The number of ether oxygens (including phenoxy) is 1. The van der Waals surface area contributed by atoms with E-state index in [9.17, 15) is 18.0 Å². The molecule has 0 unspecified atom stereocenters. The van der Waals surface area contributed by atoms with Crippen LogP contribution < -0.4 is 16.0 Å². The standard InChI is InChI=1S/C17H25F3N4O2.HI/c1-3-21-15(25)10-24-16(22-4-2)23-9-13-5-7-14(8-6-13)11-26-12-17(18,19)20;/h5-8H,3-4,9-12H2,1-2H3,(H,21,25)(H2,22,23,24);1H. The molecule has 3 N–H and O–H groups in total. The van der Waals surface area contributed by atoms with Crippen LogP contribution >= 0.6 is 24.0 Å². The van der Waals surface area contributed by atoms with Crippen molar-refractivity contribution in [2.45, 2.75) is 33.2 Å². The first kappa shape index (κ1) is 25.4. The lowest BCUT2D eigenvalue weighted by molar-refractivity contribution is -0.176. The number of halogens is 4. The third-order valence-corrected chi connectivity index (χ3v) is 3.11. The first-order valence-electron chi connectivity index (χ1n) is 8.35. The Bertz CT molecular complexity index is 581. The van der Waals surface area contributed by atoms with Gasteiger partial charge in [-0.15, -0.1) is 24.0 Å². The van der Waals surface area contributed by atoms with E-state index in [1.165, 1.54) is 0 Å². The van der Waals surface area contributed by atoms with Crippen molar-refractivity contribution >= 4 is 35.8 Å². The molecule has 0 atom stereocenters. The molecule has 154 valence electrons. The van der Waals surface area contributed by atoms with Crippen molar-refractivity contribution in [2.75, 3.05) is 26.2 Å². The molecule has 0 spiro atoms. The number of carbonyl (C=O) groups is 1. The zero-order valence-corrected chi connectivity index (χ0v) is 17.7. The highest BCUT2D eigenvalue weighted by atomic mass is 127. The van der Waals surface area contributed by atoms with Crippen molar-refractivity contribution < 1.29 is 22.7 Å². The van der Waals surface area contributed by atoms with Crippen molar-refractivity contribution in [1.29, 1.82) is 0 Å². The summed E-state index contributed by atoms with van der Waals surface area (Å²) in [5.74, 6) is 0.387. The lowest BCUT2D eigenvalue weighted by Crippen LogP contribution is -2.43. The molecule has 1 aromatic carbocycles. The van der Waals surface area contributed by atoms with Crippen molar-refractivity contribution in [3.8, 4) is 0 Å². The number of nitrogens with zero attached hydrogens (tertiary/aromatic N) is 1. The fourth-order valence-corrected chi connectivity index (χ4v) is 1.96. The molecule has 1 amide bonds. The van der Waals surface area contributed by atoms with Crippen LogP contribution in [-0.2, 0) is 22.7 Å². The quantitative estimate of drug-likeness (QED) is 0.276. The number of aliphatic imine (C=N–C) groups is 1. The molecule has 0 aliphatic heterocycles. The van der Waals surface area contributed by atoms with Gasteiger partial charge in [0.25, 0.3) is 0 Å². The maximum atomic E-state index is 12.0. The summed E-state index contributed by atoms with van der Waals surface area (Å²) in [6, 6.07) is 6.97. The summed E-state index contributed by atoms with van der Waals surface area (Å²) < 4.78 is 40.7. The van der Waals surface area contributed by atoms with E-state index >= 15 is 0 Å². The van der Waals surface area contributed by atoms with Crippen LogP contribution in [0.3, 0.4) is 0 Å². The van der Waals surface area contributed by atoms with Gasteiger partial charge in [0.15, 0.2) is 5.96 Å². The largest absolute Gasteiger partial charge is 0.411 e. The summed E-state index contributed by atoms with van der Waals surface area (Å²) in [7, 11) is 0. The van der Waals surface area contributed by atoms with Crippen LogP contribution in [0.2, 0.25) is 0 Å². The molecule has 0 saturated carbocycles. The van der Waals surface area contributed by atoms with Crippen LogP contribution in [0.1, 0.15) is 25.0 Å². The molecule has 0 aliphatic carbocycles. The Kier molecular flexibility index (Phi) is 12.8. The molecule has 1 rings (SSSR count). The number of nitrogens with one attached hydrogen (secondary N) is 3. The number of guanidine groups is 1. The van der Waals surface area contributed by atoms with E-state index in [0.29, 0.717) is 31.2 Å². The maximum Gasteiger partial charge on any atom is 0.411 e. The van der Waals surface area contributed by atoms with Crippen LogP contribution in [0, 0.1) is 0 Å². The molecule has 0 heterocycles. The second-order valence-electron chi connectivity index (χ2n) is 5.43. The van der Waals surface area contributed by atoms with Crippen LogP contribution in [-0.4, -0.2) is 44.3 Å². The molecule has 1 aromatic rings. The molecule has 6 nitrogen and oxygen atoms in total. The van der Waals surface area contributed by atoms with Gasteiger partial charge in [0, 0.05) is 13.1 Å². The fourth-order valence-electron chi connectivity index (χ4n) is 1.96. The molecule has 0 fully saturated rings. The summed E-state index contributed by atoms with van der Waals surface area (Å²) in [6.45, 7) is 4.10. The van der Waals surface area contributed by atoms with Crippen LogP contribution in [0.25, 0.3) is 0 Å². The summed E-state index contributed by atoms with van der Waals surface area (Å²) in [4.78, 5) is 15.8. The number of hydrogen-bond acceptors (Lipinski definition) is 3. The molecular weight excluding hydrogens is 476 g/mol. The van der Waals surface area contributed by atoms with Gasteiger partial charge in [-0.3, -0.25) is 4.79 Å². The van der Waals surface area contributed by atoms with E-state index in [-0.39, 0.29) is 43.0 Å². The lowest BCUT2D eigenvalue weighted by Gasteiger charge is -2.11. The maximum absolute atomic E-state index is 12.0. The minimum absolute atomic E-state index is 0. The van der Waals surface area contributed by atoms with E-state index in [1.54, 1.807) is 24.3 Å². The van der Waals surface area contributed by atoms with Crippen molar-refractivity contribution in [2.24, 2.45) is 4.99 Å². The Labute approximate surface area is 174 Å². The molecule has 0 saturated heterocycles. The Morgan fingerprint density at radius 3 is 2.19 bits per heavy atom. The van der Waals surface area contributed by atoms with Gasteiger partial charge < -0.3 is 20.7 Å². The average molecular weight is 502 g/mol. The number of hydrogen-bond donors (Lipinski definition) is 3. The minimum atomic E-state index is -4.32. The van der Waals surface area contributed by atoms with E-state index in [2.05, 4.69) is 25.7 Å². The number of amides is 1. The number of carbonyl (C=O) groups excluding carboxylic acids is 1. The third-order valence-electron chi connectivity index (χ3n) is 3.11. The molecule has 0 aromatic heterocycles. The zero-order chi connectivity index (χ0) is 19.4. The zero-order valence-electron chi connectivity index (χ0n) is 15.4. The number of rotatable bonds is 9. The van der Waals surface area contributed by atoms with Gasteiger partial charge in [-0.05, 0) is 25.0 Å². The van der Waals surface area contributed by atoms with Gasteiger partial charge in [0.2, 0.25) is 5.91 Å². The highest BCUT2D eigenvalue weighted by Crippen LogP contribution is 2.15. The Balaban J connectivity index is 0.00000676. The minimum Gasteiger partial charge on any atom is -0.367 e. The van der Waals surface area contributed by atoms with Gasteiger partial charge in [0.1, 0.15) is 6.61 Å². The Hall–Kier alpha value is -1.56. The first-order chi connectivity index (χ1) is 12.3. The van der Waals surface area contributed by atoms with E-state index < -0.39 is 12.8 Å². The van der Waals surface area contributed by atoms with Crippen LogP contribution in [0.15, 0.2) is 29.3 Å². The topological polar surface area (TPSA) is 74.8 Å². The van der Waals surface area contributed by atoms with Gasteiger partial charge in [0.05, 0.1) is 19.7 Å². The summed E-state index contributed by atoms with van der Waals surface area (Å²) in [5, 5.41) is 8.65. The van der Waals surface area contributed by atoms with Gasteiger partial charge in [-0.25, -0.2) is 4.99 Å². The predicted molar refractivity (Wildman–Crippen MR) is 109 cm³/mol. The smallest absolute Gasteiger partial charge is 0.367 e. The third kappa shape index (κ3) is 12.5. The van der Waals surface area contributed by atoms with Crippen LogP contribution in [0.4, 0.5) is 13.2 Å². The van der Waals surface area contributed by atoms with Gasteiger partial charge >= 0.3 is 6.18 Å². The number of likely N-dealkylation sites (N-methyl/N-ethyl adjacent to an activating group) is 1. The SMILES string of the molecule is CCNC(=O)CNC(=NCc1ccc(COCC(F)(F)F)cc1)NCC.I. The Morgan fingerprint density at radius 1 is 1.04 bits per heavy atom. The van der Waals surface area contributed by atoms with Crippen molar-refractivity contribution in [3.63, 3.8) is 0 Å². The second kappa shape index (κ2) is 13.6. The van der Waals surface area contributed by atoms with Gasteiger partial charge in [-0.1, -0.05) is 24.3 Å². The van der Waals surface area contributed by atoms with Crippen LogP contribution in [0.5, 0.6) is 0 Å². The van der Waals surface area contributed by atoms with E-state index in [1.807, 2.05) is 13.8 Å². The monoisotopic (exact) mass is 502 g/mol. The highest BCUT2D eigenvalue weighted by Gasteiger charge is 2.27. The second-order valence-corrected chi connectivity index (χ2v) is 5.43. The average Bonchev–Trinajstić information content (AvgIpc) is 2.58. The van der Waals surface area contributed by atoms with E-state index in [4.69, 9.17) is 0 Å². The fraction of sp³-hybridized carbons (Fsp3) is 0.529. The molecule has 27 heavy (non-hydrogen) atoms. The predicted octanol–water partition coefficient (Wildman–Crippen LogP) is 2.57. The van der Waals surface area contributed by atoms with Crippen molar-refractivity contribution in [3.05, 3.63) is 35.4 Å². The number of alkyl halides is 3. The summed E-state index contributed by atoms with van der Waals surface area (Å²) in [6.07, 6.45) is -4.32. The lowest BCUT2D eigenvalue weighted by atomic mass is 10.1. The Morgan fingerprint density at radius 2 is 1.63 bits per heavy atom. The normalized spacial score (nSPS) is 11.5. The molecular formula is C17H26F3IN4O2. The molecule has 10 heteroatoms. The van der Waals surface area contributed by atoms with E-state index in [0.717, 1.165) is 5.56 Å². The molecule has 0 radical (unpaired) electrons. The summed E-state index contributed by atoms with van der Waals surface area (Å²) in [5.41, 5.74) is 1.54.